The molecule has 3 atom stereocenters. The lowest BCUT2D eigenvalue weighted by atomic mass is 10.1. The minimum absolute atomic E-state index is 0.137. The zero-order valence-electron chi connectivity index (χ0n) is 18.9. The van der Waals surface area contributed by atoms with Crippen LogP contribution in [0.2, 0.25) is 0 Å². The molecule has 0 N–H and O–H groups in total. The number of hydrogen-bond acceptors (Lipinski definition) is 4. The Morgan fingerprint density at radius 1 is 0.943 bits per heavy atom. The predicted molar refractivity (Wildman–Crippen MR) is 143 cm³/mol. The van der Waals surface area contributed by atoms with Crippen LogP contribution in [0, 0.1) is 6.92 Å². The second-order valence-electron chi connectivity index (χ2n) is 8.35. The lowest BCUT2D eigenvalue weighted by Crippen LogP contribution is -2.39. The van der Waals surface area contributed by atoms with E-state index in [0.29, 0.717) is 20.6 Å². The van der Waals surface area contributed by atoms with E-state index in [9.17, 15) is 12.6 Å². The molecule has 0 saturated carbocycles. The molecular formula is C27H23BrN2O3S2. The van der Waals surface area contributed by atoms with Gasteiger partial charge < -0.3 is 0 Å². The summed E-state index contributed by atoms with van der Waals surface area (Å²) in [7, 11) is -5.57. The van der Waals surface area contributed by atoms with E-state index in [2.05, 4.69) is 20.9 Å². The van der Waals surface area contributed by atoms with Gasteiger partial charge in [-0.2, -0.15) is 4.31 Å². The van der Waals surface area contributed by atoms with Gasteiger partial charge in [-0.05, 0) is 36.8 Å². The second-order valence-corrected chi connectivity index (χ2v) is 12.3. The molecule has 1 aromatic heterocycles. The topological polar surface area (TPSA) is 67.3 Å². The van der Waals surface area contributed by atoms with E-state index in [4.69, 9.17) is 0 Å². The van der Waals surface area contributed by atoms with Gasteiger partial charge in [-0.1, -0.05) is 88.2 Å². The van der Waals surface area contributed by atoms with Gasteiger partial charge in [0.05, 0.1) is 28.4 Å². The Kier molecular flexibility index (Phi) is 6.72. The molecular weight excluding hydrogens is 544 g/mol. The van der Waals surface area contributed by atoms with Gasteiger partial charge in [-0.15, -0.1) is 0 Å². The van der Waals surface area contributed by atoms with Crippen molar-refractivity contribution in [2.75, 3.05) is 5.33 Å². The maximum absolute atomic E-state index is 14.3. The first-order valence-electron chi connectivity index (χ1n) is 11.1. The number of benzene rings is 3. The smallest absolute Gasteiger partial charge is 0.246 e. The molecule has 3 aromatic carbocycles. The number of rotatable bonds is 6. The number of aryl methyl sites for hydroxylation is 1. The number of sulfonamides is 1. The van der Waals surface area contributed by atoms with Crippen LogP contribution in [0.4, 0.5) is 0 Å². The van der Waals surface area contributed by atoms with Crippen molar-refractivity contribution in [3.63, 3.8) is 0 Å². The van der Waals surface area contributed by atoms with Gasteiger partial charge in [0.1, 0.15) is 4.90 Å². The van der Waals surface area contributed by atoms with Crippen LogP contribution in [0.3, 0.4) is 0 Å². The average Bonchev–Trinajstić information content (AvgIpc) is 3.29. The first kappa shape index (κ1) is 24.1. The minimum atomic E-state index is -4.02. The van der Waals surface area contributed by atoms with E-state index in [0.717, 1.165) is 16.5 Å². The predicted octanol–water partition coefficient (Wildman–Crippen LogP) is 5.74. The van der Waals surface area contributed by atoms with Crippen molar-refractivity contribution in [1.29, 1.82) is 0 Å². The fourth-order valence-electron chi connectivity index (χ4n) is 4.41. The Labute approximate surface area is 216 Å². The van der Waals surface area contributed by atoms with Crippen molar-refractivity contribution in [2.45, 2.75) is 28.8 Å². The number of para-hydroxylation sites is 1. The normalized spacial score (nSPS) is 19.5. The highest BCUT2D eigenvalue weighted by Crippen LogP contribution is 2.44. The highest BCUT2D eigenvalue weighted by Gasteiger charge is 2.46. The summed E-state index contributed by atoms with van der Waals surface area (Å²) in [4.78, 5) is 5.72. The summed E-state index contributed by atoms with van der Waals surface area (Å²) in [6.07, 6.45) is 3.43. The maximum Gasteiger partial charge on any atom is 0.246 e. The Morgan fingerprint density at radius 3 is 2.37 bits per heavy atom. The van der Waals surface area contributed by atoms with Crippen molar-refractivity contribution in [3.05, 3.63) is 113 Å². The summed E-state index contributed by atoms with van der Waals surface area (Å²) >= 11 is 3.51. The molecule has 0 amide bonds. The third-order valence-corrected chi connectivity index (χ3v) is 10.2. The summed E-state index contributed by atoms with van der Waals surface area (Å²) in [5.41, 5.74) is 2.25. The molecule has 0 radical (unpaired) electrons. The molecule has 0 unspecified atom stereocenters. The van der Waals surface area contributed by atoms with E-state index in [1.165, 1.54) is 4.31 Å². The third-order valence-electron chi connectivity index (χ3n) is 6.08. The van der Waals surface area contributed by atoms with Crippen LogP contribution in [0.25, 0.3) is 10.9 Å². The second kappa shape index (κ2) is 9.78. The number of aromatic nitrogens is 1. The van der Waals surface area contributed by atoms with Gasteiger partial charge >= 0.3 is 0 Å². The third kappa shape index (κ3) is 4.40. The zero-order chi connectivity index (χ0) is 24.6. The van der Waals surface area contributed by atoms with Crippen molar-refractivity contribution < 1.29 is 12.6 Å². The van der Waals surface area contributed by atoms with Crippen molar-refractivity contribution in [1.82, 2.24) is 9.29 Å². The molecule has 5 rings (SSSR count). The lowest BCUT2D eigenvalue weighted by Gasteiger charge is -2.30. The molecule has 5 nitrogen and oxygen atoms in total. The molecule has 4 aromatic rings. The molecule has 0 bridgehead atoms. The highest BCUT2D eigenvalue weighted by molar-refractivity contribution is 9.09. The largest absolute Gasteiger partial charge is 0.255 e. The van der Waals surface area contributed by atoms with Gasteiger partial charge in [0.2, 0.25) is 10.0 Å². The van der Waals surface area contributed by atoms with Gasteiger partial charge in [-0.25, -0.2) is 12.6 Å². The number of alkyl halides is 1. The van der Waals surface area contributed by atoms with E-state index in [1.54, 1.807) is 24.4 Å². The van der Waals surface area contributed by atoms with Crippen molar-refractivity contribution in [2.24, 2.45) is 0 Å². The van der Waals surface area contributed by atoms with Crippen molar-refractivity contribution >= 4 is 47.7 Å². The van der Waals surface area contributed by atoms with Crippen molar-refractivity contribution in [3.8, 4) is 0 Å². The van der Waals surface area contributed by atoms with Gasteiger partial charge in [0.25, 0.3) is 0 Å². The SMILES string of the molecule is Cc1ccc([S@](=O)C2=C[C@H](CBr)N(S(=O)(=O)c3cccc4cccnc34)[C@H]2c2ccccc2)cc1. The monoisotopic (exact) mass is 566 g/mol. The fourth-order valence-corrected chi connectivity index (χ4v) is 8.45. The minimum Gasteiger partial charge on any atom is -0.255 e. The Hall–Kier alpha value is -2.65. The molecule has 0 saturated heterocycles. The van der Waals surface area contributed by atoms with Gasteiger partial charge in [0.15, 0.2) is 0 Å². The van der Waals surface area contributed by atoms with Gasteiger partial charge in [-0.3, -0.25) is 4.98 Å². The Bertz CT molecular complexity index is 1530. The van der Waals surface area contributed by atoms with E-state index < -0.39 is 32.9 Å². The zero-order valence-corrected chi connectivity index (χ0v) is 22.1. The molecule has 1 aliphatic rings. The van der Waals surface area contributed by atoms with Gasteiger partial charge in [0, 0.05) is 26.7 Å². The molecule has 178 valence electrons. The summed E-state index contributed by atoms with van der Waals surface area (Å²) in [5.74, 6) is 0. The van der Waals surface area contributed by atoms with Crippen LogP contribution in [-0.4, -0.2) is 33.3 Å². The molecule has 2 heterocycles. The average molecular weight is 568 g/mol. The van der Waals surface area contributed by atoms with Crippen LogP contribution in [0.1, 0.15) is 17.2 Å². The number of nitrogens with zero attached hydrogens (tertiary/aromatic N) is 2. The van der Waals surface area contributed by atoms with Crippen LogP contribution in [-0.2, 0) is 20.8 Å². The summed E-state index contributed by atoms with van der Waals surface area (Å²) in [6.45, 7) is 1.97. The Balaban J connectivity index is 1.68. The Morgan fingerprint density at radius 2 is 1.66 bits per heavy atom. The lowest BCUT2D eigenvalue weighted by molar-refractivity contribution is 0.361. The molecule has 8 heteroatoms. The van der Waals surface area contributed by atoms with E-state index in [-0.39, 0.29) is 4.90 Å². The molecule has 1 aliphatic heterocycles. The first-order chi connectivity index (χ1) is 16.9. The van der Waals surface area contributed by atoms with Crippen LogP contribution in [0.15, 0.2) is 112 Å². The maximum atomic E-state index is 14.3. The fraction of sp³-hybridized carbons (Fsp3) is 0.148. The number of fused-ring (bicyclic) bond motifs is 1. The van der Waals surface area contributed by atoms with E-state index in [1.807, 2.05) is 79.7 Å². The molecule has 0 aliphatic carbocycles. The summed E-state index contributed by atoms with van der Waals surface area (Å²) < 4.78 is 43.9. The first-order valence-corrected chi connectivity index (χ1v) is 14.8. The summed E-state index contributed by atoms with van der Waals surface area (Å²) in [6, 6.07) is 24.4. The molecule has 0 fully saturated rings. The molecule has 0 spiro atoms. The van der Waals surface area contributed by atoms with Crippen LogP contribution < -0.4 is 0 Å². The number of halogens is 1. The highest BCUT2D eigenvalue weighted by atomic mass is 79.9. The standard InChI is InChI=1S/C27H23BrN2O3S2/c1-19-12-14-23(15-13-19)34(31)24-17-22(18-28)30(27(24)21-7-3-2-4-8-21)35(32,33)25-11-5-9-20-10-6-16-29-26(20)25/h2-17,22,27H,18H2,1H3/t22-,27+,34+/m1/s1. The number of hydrogen-bond donors (Lipinski definition) is 0. The molecule has 35 heavy (non-hydrogen) atoms. The summed E-state index contributed by atoms with van der Waals surface area (Å²) in [5, 5.41) is 1.11. The van der Waals surface area contributed by atoms with Crippen LogP contribution in [0.5, 0.6) is 0 Å². The quantitative estimate of drug-likeness (QED) is 0.279. The number of pyridine rings is 1. The van der Waals surface area contributed by atoms with Crippen LogP contribution >= 0.6 is 15.9 Å². The van der Waals surface area contributed by atoms with E-state index >= 15 is 0 Å².